The first-order chi connectivity index (χ1) is 14.6. The molecule has 162 valence electrons. The predicted octanol–water partition coefficient (Wildman–Crippen LogP) is 4.01. The number of aromatic nitrogens is 3. The fraction of sp³-hybridized carbons (Fsp3) is 0.609. The summed E-state index contributed by atoms with van der Waals surface area (Å²) in [5, 5.41) is 3.52. The predicted molar refractivity (Wildman–Crippen MR) is 119 cm³/mol. The average molecular weight is 412 g/mol. The third-order valence-electron chi connectivity index (χ3n) is 6.10. The lowest BCUT2D eigenvalue weighted by atomic mass is 9.87. The highest BCUT2D eigenvalue weighted by atomic mass is 16.5. The van der Waals surface area contributed by atoms with Crippen molar-refractivity contribution in [3.63, 3.8) is 0 Å². The van der Waals surface area contributed by atoms with Crippen molar-refractivity contribution in [3.8, 4) is 17.0 Å². The van der Waals surface area contributed by atoms with E-state index in [2.05, 4.69) is 22.2 Å². The summed E-state index contributed by atoms with van der Waals surface area (Å²) < 4.78 is 11.7. The zero-order valence-electron chi connectivity index (χ0n) is 18.3. The van der Waals surface area contributed by atoms with Gasteiger partial charge in [0, 0.05) is 50.6 Å². The number of nitrogens with one attached hydrogen (secondary N) is 1. The molecule has 1 atom stereocenters. The van der Waals surface area contributed by atoms with Crippen LogP contribution in [0.5, 0.6) is 5.88 Å². The van der Waals surface area contributed by atoms with E-state index in [0.717, 1.165) is 55.3 Å². The normalized spacial score (nSPS) is 23.9. The Morgan fingerprint density at radius 3 is 2.60 bits per heavy atom. The minimum atomic E-state index is 0.415. The molecule has 1 unspecified atom stereocenters. The monoisotopic (exact) mass is 411 g/mol. The highest BCUT2D eigenvalue weighted by Gasteiger charge is 2.21. The van der Waals surface area contributed by atoms with Crippen LogP contribution in [0, 0.1) is 11.8 Å². The number of hydrogen-bond donors (Lipinski definition) is 1. The minimum Gasteiger partial charge on any atom is -0.477 e. The molecule has 1 saturated heterocycles. The van der Waals surface area contributed by atoms with Crippen molar-refractivity contribution in [2.75, 3.05) is 44.1 Å². The van der Waals surface area contributed by atoms with Crippen LogP contribution in [0.1, 0.15) is 39.0 Å². The maximum absolute atomic E-state index is 6.19. The second kappa shape index (κ2) is 9.60. The van der Waals surface area contributed by atoms with Crippen molar-refractivity contribution in [3.05, 3.63) is 24.5 Å². The molecule has 4 rings (SSSR count). The van der Waals surface area contributed by atoms with Crippen LogP contribution in [-0.2, 0) is 4.74 Å². The fourth-order valence-corrected chi connectivity index (χ4v) is 4.05. The molecule has 1 aliphatic heterocycles. The lowest BCUT2D eigenvalue weighted by Crippen LogP contribution is -2.26. The molecular formula is C23H33N5O2. The van der Waals surface area contributed by atoms with Gasteiger partial charge in [0.25, 0.3) is 0 Å². The maximum atomic E-state index is 6.19. The molecule has 2 fully saturated rings. The van der Waals surface area contributed by atoms with Crippen LogP contribution >= 0.6 is 0 Å². The summed E-state index contributed by atoms with van der Waals surface area (Å²) in [6.07, 6.45) is 9.58. The van der Waals surface area contributed by atoms with E-state index < -0.39 is 0 Å². The number of nitrogens with zero attached hydrogens (tertiary/aromatic N) is 4. The van der Waals surface area contributed by atoms with E-state index in [1.807, 2.05) is 43.5 Å². The maximum Gasteiger partial charge on any atom is 0.226 e. The second-order valence-corrected chi connectivity index (χ2v) is 8.85. The van der Waals surface area contributed by atoms with Gasteiger partial charge >= 0.3 is 0 Å². The largest absolute Gasteiger partial charge is 0.477 e. The Bertz CT molecular complexity index is 813. The van der Waals surface area contributed by atoms with E-state index in [9.17, 15) is 0 Å². The van der Waals surface area contributed by atoms with Crippen molar-refractivity contribution >= 4 is 11.8 Å². The zero-order chi connectivity index (χ0) is 20.9. The third-order valence-corrected chi connectivity index (χ3v) is 6.10. The Balaban J connectivity index is 1.54. The number of pyridine rings is 1. The highest BCUT2D eigenvalue weighted by molar-refractivity contribution is 5.68. The molecule has 30 heavy (non-hydrogen) atoms. The Hall–Kier alpha value is -2.41. The van der Waals surface area contributed by atoms with E-state index in [4.69, 9.17) is 14.5 Å². The van der Waals surface area contributed by atoms with Crippen LogP contribution in [0.15, 0.2) is 24.5 Å². The van der Waals surface area contributed by atoms with Crippen molar-refractivity contribution in [2.24, 2.45) is 11.8 Å². The Morgan fingerprint density at radius 1 is 1.10 bits per heavy atom. The van der Waals surface area contributed by atoms with Gasteiger partial charge in [-0.3, -0.25) is 0 Å². The van der Waals surface area contributed by atoms with E-state index in [0.29, 0.717) is 30.4 Å². The van der Waals surface area contributed by atoms with Gasteiger partial charge in [-0.1, -0.05) is 6.92 Å². The van der Waals surface area contributed by atoms with Crippen molar-refractivity contribution in [1.82, 2.24) is 15.0 Å². The summed E-state index contributed by atoms with van der Waals surface area (Å²) in [4.78, 5) is 15.9. The van der Waals surface area contributed by atoms with Crippen LogP contribution in [0.2, 0.25) is 0 Å². The van der Waals surface area contributed by atoms with Crippen LogP contribution in [-0.4, -0.2) is 54.9 Å². The van der Waals surface area contributed by atoms with Gasteiger partial charge in [0.2, 0.25) is 11.8 Å². The summed E-state index contributed by atoms with van der Waals surface area (Å²) in [7, 11) is 3.96. The summed E-state index contributed by atoms with van der Waals surface area (Å²) in [6.45, 7) is 4.50. The van der Waals surface area contributed by atoms with Crippen molar-refractivity contribution in [1.29, 1.82) is 0 Å². The topological polar surface area (TPSA) is 72.4 Å². The third kappa shape index (κ3) is 5.19. The number of hydrogen-bond acceptors (Lipinski definition) is 7. The van der Waals surface area contributed by atoms with Gasteiger partial charge in [-0.25, -0.2) is 9.97 Å². The Kier molecular flexibility index (Phi) is 6.67. The molecule has 1 N–H and O–H groups in total. The summed E-state index contributed by atoms with van der Waals surface area (Å²) in [5.41, 5.74) is 1.82. The summed E-state index contributed by atoms with van der Waals surface area (Å²) in [5.74, 6) is 3.40. The number of ether oxygens (including phenoxy) is 2. The SMILES string of the molecule is CC1CCC(Nc2ncc(-c3ccc(N(C)C)nc3)c(OCC3CCOC3)n2)CC1. The molecular weight excluding hydrogens is 378 g/mol. The molecule has 1 saturated carbocycles. The first-order valence-electron chi connectivity index (χ1n) is 11.1. The van der Waals surface area contributed by atoms with E-state index in [1.165, 1.54) is 12.8 Å². The van der Waals surface area contributed by atoms with E-state index >= 15 is 0 Å². The fourth-order valence-electron chi connectivity index (χ4n) is 4.05. The molecule has 0 radical (unpaired) electrons. The van der Waals surface area contributed by atoms with E-state index in [1.54, 1.807) is 0 Å². The van der Waals surface area contributed by atoms with Crippen LogP contribution < -0.4 is 15.0 Å². The van der Waals surface area contributed by atoms with Gasteiger partial charge in [0.15, 0.2) is 0 Å². The summed E-state index contributed by atoms with van der Waals surface area (Å²) >= 11 is 0. The molecule has 3 heterocycles. The zero-order valence-corrected chi connectivity index (χ0v) is 18.3. The van der Waals surface area contributed by atoms with Crippen molar-refractivity contribution in [2.45, 2.75) is 45.1 Å². The Labute approximate surface area is 179 Å². The van der Waals surface area contributed by atoms with Gasteiger partial charge in [0.1, 0.15) is 5.82 Å². The number of rotatable bonds is 7. The molecule has 1 aliphatic carbocycles. The van der Waals surface area contributed by atoms with Gasteiger partial charge in [-0.05, 0) is 50.2 Å². The molecule has 7 nitrogen and oxygen atoms in total. The smallest absolute Gasteiger partial charge is 0.226 e. The van der Waals surface area contributed by atoms with Gasteiger partial charge in [0.05, 0.1) is 18.8 Å². The quantitative estimate of drug-likeness (QED) is 0.738. The standard InChI is InChI=1S/C23H33N5O2/c1-16-4-7-19(8-5-16)26-23-25-13-20(18-6-9-21(24-12-18)28(2)3)22(27-23)30-15-17-10-11-29-14-17/h6,9,12-13,16-17,19H,4-5,7-8,10-11,14-15H2,1-3H3,(H,25,26,27). The first-order valence-corrected chi connectivity index (χ1v) is 11.1. The van der Waals surface area contributed by atoms with E-state index in [-0.39, 0.29) is 0 Å². The second-order valence-electron chi connectivity index (χ2n) is 8.85. The number of anilines is 2. The summed E-state index contributed by atoms with van der Waals surface area (Å²) in [6, 6.07) is 4.48. The highest BCUT2D eigenvalue weighted by Crippen LogP contribution is 2.31. The van der Waals surface area contributed by atoms with Gasteiger partial charge in [-0.2, -0.15) is 4.98 Å². The average Bonchev–Trinajstić information content (AvgIpc) is 3.28. The van der Waals surface area contributed by atoms with Crippen LogP contribution in [0.25, 0.3) is 11.1 Å². The molecule has 7 heteroatoms. The lowest BCUT2D eigenvalue weighted by Gasteiger charge is -2.27. The van der Waals surface area contributed by atoms with Gasteiger partial charge < -0.3 is 19.7 Å². The van der Waals surface area contributed by atoms with Gasteiger partial charge in [-0.15, -0.1) is 0 Å². The lowest BCUT2D eigenvalue weighted by molar-refractivity contribution is 0.165. The molecule has 0 aromatic carbocycles. The van der Waals surface area contributed by atoms with Crippen LogP contribution in [0.3, 0.4) is 0 Å². The molecule has 2 aromatic heterocycles. The first kappa shape index (κ1) is 20.8. The van der Waals surface area contributed by atoms with Crippen LogP contribution in [0.4, 0.5) is 11.8 Å². The molecule has 2 aromatic rings. The van der Waals surface area contributed by atoms with Crippen molar-refractivity contribution < 1.29 is 9.47 Å². The molecule has 2 aliphatic rings. The molecule has 0 bridgehead atoms. The molecule has 0 amide bonds. The minimum absolute atomic E-state index is 0.415. The Morgan fingerprint density at radius 2 is 1.93 bits per heavy atom. The molecule has 0 spiro atoms.